The minimum Gasteiger partial charge on any atom is -0.353 e. The number of thiophene rings is 1. The number of carbonyl (C=O) groups excluding carboxylic acids is 3. The summed E-state index contributed by atoms with van der Waals surface area (Å²) in [6.07, 6.45) is 4.63. The van der Waals surface area contributed by atoms with Crippen LogP contribution in [0.2, 0.25) is 0 Å². The predicted molar refractivity (Wildman–Crippen MR) is 121 cm³/mol. The molecule has 8 heteroatoms. The maximum Gasteiger partial charge on any atom is 0.325 e. The fourth-order valence-corrected chi connectivity index (χ4v) is 6.86. The molecule has 2 N–H and O–H groups in total. The number of rotatable bonds is 6. The summed E-state index contributed by atoms with van der Waals surface area (Å²) in [5, 5.41) is 7.98. The lowest BCUT2D eigenvalue weighted by Crippen LogP contribution is -2.54. The number of nitrogens with zero attached hydrogens (tertiary/aromatic N) is 2. The quantitative estimate of drug-likeness (QED) is 0.658. The van der Waals surface area contributed by atoms with Gasteiger partial charge in [-0.1, -0.05) is 26.8 Å². The van der Waals surface area contributed by atoms with E-state index in [1.54, 1.807) is 11.3 Å². The minimum absolute atomic E-state index is 0.0253. The number of amides is 4. The molecule has 3 atom stereocenters. The summed E-state index contributed by atoms with van der Waals surface area (Å²) in [7, 11) is 0. The Morgan fingerprint density at radius 3 is 2.68 bits per heavy atom. The van der Waals surface area contributed by atoms with E-state index in [2.05, 4.69) is 47.8 Å². The Labute approximate surface area is 188 Å². The van der Waals surface area contributed by atoms with Gasteiger partial charge in [-0.3, -0.25) is 19.4 Å². The number of urea groups is 1. The van der Waals surface area contributed by atoms with E-state index in [-0.39, 0.29) is 29.8 Å². The van der Waals surface area contributed by atoms with Gasteiger partial charge in [-0.15, -0.1) is 11.3 Å². The molecule has 3 unspecified atom stereocenters. The summed E-state index contributed by atoms with van der Waals surface area (Å²) in [5.41, 5.74) is -0.893. The molecule has 1 spiro atoms. The average Bonchev–Trinajstić information content (AvgIpc) is 3.41. The zero-order chi connectivity index (χ0) is 22.2. The smallest absolute Gasteiger partial charge is 0.325 e. The van der Waals surface area contributed by atoms with E-state index in [9.17, 15) is 14.4 Å². The zero-order valence-electron chi connectivity index (χ0n) is 18.8. The molecule has 0 radical (unpaired) electrons. The molecule has 0 bridgehead atoms. The van der Waals surface area contributed by atoms with Crippen molar-refractivity contribution < 1.29 is 14.4 Å². The van der Waals surface area contributed by atoms with Gasteiger partial charge in [0.2, 0.25) is 5.91 Å². The normalized spacial score (nSPS) is 29.4. The topological polar surface area (TPSA) is 81.8 Å². The van der Waals surface area contributed by atoms with E-state index in [0.29, 0.717) is 25.3 Å². The molecule has 0 aromatic carbocycles. The first-order valence-corrected chi connectivity index (χ1v) is 12.3. The van der Waals surface area contributed by atoms with E-state index < -0.39 is 11.6 Å². The van der Waals surface area contributed by atoms with Crippen LogP contribution < -0.4 is 10.6 Å². The second kappa shape index (κ2) is 8.54. The fraction of sp³-hybridized carbons (Fsp3) is 0.696. The maximum atomic E-state index is 13.3. The van der Waals surface area contributed by atoms with Crippen molar-refractivity contribution in [2.24, 2.45) is 11.3 Å². The minimum atomic E-state index is -0.867. The molecule has 3 heterocycles. The molecule has 2 saturated heterocycles. The van der Waals surface area contributed by atoms with Crippen molar-refractivity contribution in [1.82, 2.24) is 20.4 Å². The molecule has 4 amide bonds. The van der Waals surface area contributed by atoms with Gasteiger partial charge in [0, 0.05) is 11.4 Å². The lowest BCUT2D eigenvalue weighted by Gasteiger charge is -2.43. The van der Waals surface area contributed by atoms with E-state index in [1.165, 1.54) is 17.7 Å². The van der Waals surface area contributed by atoms with Gasteiger partial charge < -0.3 is 10.6 Å². The standard InChI is InChI=1S/C23H34N4O3S/c1-16-11-22(2,3)15-23(12-16)20(29)27(21(30)25-23)14-19(28)24-13-17(18-7-6-10-31-18)26-8-4-5-9-26/h6-7,10,16-17H,4-5,8-9,11-15H2,1-3H3,(H,24,28)(H,25,30). The Bertz CT molecular complexity index is 834. The second-order valence-corrected chi connectivity index (χ2v) is 11.3. The van der Waals surface area contributed by atoms with Crippen molar-refractivity contribution in [3.05, 3.63) is 22.4 Å². The summed E-state index contributed by atoms with van der Waals surface area (Å²) >= 11 is 1.70. The Morgan fingerprint density at radius 2 is 2.03 bits per heavy atom. The van der Waals surface area contributed by atoms with Crippen molar-refractivity contribution in [3.8, 4) is 0 Å². The molecule has 1 saturated carbocycles. The van der Waals surface area contributed by atoms with Crippen LogP contribution in [0.4, 0.5) is 4.79 Å². The third-order valence-electron chi connectivity index (χ3n) is 6.87. The lowest BCUT2D eigenvalue weighted by molar-refractivity contribution is -0.137. The molecule has 31 heavy (non-hydrogen) atoms. The fourth-order valence-electron chi connectivity index (χ4n) is 6.00. The summed E-state index contributed by atoms with van der Waals surface area (Å²) in [6.45, 7) is 8.73. The summed E-state index contributed by atoms with van der Waals surface area (Å²) in [6, 6.07) is 3.83. The molecule has 2 aliphatic heterocycles. The Balaban J connectivity index is 1.39. The van der Waals surface area contributed by atoms with E-state index in [0.717, 1.165) is 24.4 Å². The van der Waals surface area contributed by atoms with Gasteiger partial charge in [-0.2, -0.15) is 0 Å². The van der Waals surface area contributed by atoms with Gasteiger partial charge in [-0.05, 0) is 68.0 Å². The molecular weight excluding hydrogens is 412 g/mol. The van der Waals surface area contributed by atoms with E-state index in [1.807, 2.05) is 6.07 Å². The monoisotopic (exact) mass is 446 g/mol. The highest BCUT2D eigenvalue weighted by molar-refractivity contribution is 7.10. The van der Waals surface area contributed by atoms with Crippen LogP contribution in [0.5, 0.6) is 0 Å². The maximum absolute atomic E-state index is 13.3. The zero-order valence-corrected chi connectivity index (χ0v) is 19.6. The van der Waals surface area contributed by atoms with E-state index >= 15 is 0 Å². The average molecular weight is 447 g/mol. The van der Waals surface area contributed by atoms with Crippen molar-refractivity contribution in [1.29, 1.82) is 0 Å². The van der Waals surface area contributed by atoms with Gasteiger partial charge in [0.25, 0.3) is 5.91 Å². The summed E-state index contributed by atoms with van der Waals surface area (Å²) in [4.78, 5) is 43.4. The van der Waals surface area contributed by atoms with Crippen molar-refractivity contribution in [2.75, 3.05) is 26.2 Å². The first-order valence-electron chi connectivity index (χ1n) is 11.4. The first-order chi connectivity index (χ1) is 14.7. The van der Waals surface area contributed by atoms with Gasteiger partial charge in [-0.25, -0.2) is 4.79 Å². The number of imide groups is 1. The summed E-state index contributed by atoms with van der Waals surface area (Å²) in [5.74, 6) is -0.195. The molecule has 170 valence electrons. The van der Waals surface area contributed by atoms with Crippen LogP contribution in [0.1, 0.15) is 63.8 Å². The Morgan fingerprint density at radius 1 is 1.29 bits per heavy atom. The van der Waals surface area contributed by atoms with Gasteiger partial charge in [0.1, 0.15) is 12.1 Å². The van der Waals surface area contributed by atoms with Gasteiger partial charge in [0.05, 0.1) is 6.04 Å². The SMILES string of the molecule is CC1CC(C)(C)CC2(C1)NC(=O)N(CC(=O)NCC(c1cccs1)N1CCCC1)C2=O. The second-order valence-electron chi connectivity index (χ2n) is 10.3. The van der Waals surface area contributed by atoms with Crippen molar-refractivity contribution in [3.63, 3.8) is 0 Å². The molecule has 1 aliphatic carbocycles. The number of nitrogens with one attached hydrogen (secondary N) is 2. The van der Waals surface area contributed by atoms with Crippen molar-refractivity contribution >= 4 is 29.2 Å². The molecular formula is C23H34N4O3S. The molecule has 3 aliphatic rings. The Hall–Kier alpha value is -1.93. The third-order valence-corrected chi connectivity index (χ3v) is 7.85. The first kappa shape index (κ1) is 22.3. The van der Waals surface area contributed by atoms with Crippen molar-refractivity contribution in [2.45, 2.75) is 64.5 Å². The van der Waals surface area contributed by atoms with Gasteiger partial charge >= 0.3 is 6.03 Å². The highest BCUT2D eigenvalue weighted by Gasteiger charge is 2.56. The van der Waals surface area contributed by atoms with Gasteiger partial charge in [0.15, 0.2) is 0 Å². The van der Waals surface area contributed by atoms with E-state index in [4.69, 9.17) is 0 Å². The highest BCUT2D eigenvalue weighted by atomic mass is 32.1. The van der Waals surface area contributed by atoms with Crippen LogP contribution >= 0.6 is 11.3 Å². The van der Waals surface area contributed by atoms with Crippen LogP contribution in [-0.2, 0) is 9.59 Å². The summed E-state index contributed by atoms with van der Waals surface area (Å²) < 4.78 is 0. The lowest BCUT2D eigenvalue weighted by atomic mass is 9.64. The molecule has 4 rings (SSSR count). The van der Waals surface area contributed by atoms with Crippen LogP contribution in [0, 0.1) is 11.3 Å². The molecule has 1 aromatic rings. The van der Waals surface area contributed by atoms with Crippen LogP contribution in [0.3, 0.4) is 0 Å². The largest absolute Gasteiger partial charge is 0.353 e. The molecule has 1 aromatic heterocycles. The molecule has 3 fully saturated rings. The highest BCUT2D eigenvalue weighted by Crippen LogP contribution is 2.46. The number of hydrogen-bond acceptors (Lipinski definition) is 5. The van der Waals surface area contributed by atoms with Crippen LogP contribution in [-0.4, -0.2) is 59.4 Å². The predicted octanol–water partition coefficient (Wildman–Crippen LogP) is 3.14. The van der Waals surface area contributed by atoms with Crippen LogP contribution in [0.15, 0.2) is 17.5 Å². The van der Waals surface area contributed by atoms with Crippen LogP contribution in [0.25, 0.3) is 0 Å². The third kappa shape index (κ3) is 4.65. The number of hydrogen-bond donors (Lipinski definition) is 2. The number of likely N-dealkylation sites (tertiary alicyclic amines) is 1. The number of carbonyl (C=O) groups is 3. The Kier molecular flexibility index (Phi) is 6.14. The molecule has 7 nitrogen and oxygen atoms in total.